The molecule has 1 fully saturated rings. The Morgan fingerprint density at radius 1 is 1.12 bits per heavy atom. The molecule has 24 heavy (non-hydrogen) atoms. The standard InChI is InChI=1S/C18H34N2O3.ClH/c1-12(2)10-16(18(22)23-13(3)4)20-17(21)11-14(5)15-6-8-19-9-7-15;/h12-16,19H,6-11H2,1-5H3,(H,20,21);1H/t14?,16-;/m0./s1. The van der Waals surface area contributed by atoms with Crippen LogP contribution in [0.25, 0.3) is 0 Å². The second-order valence-electron chi connectivity index (χ2n) is 7.50. The Kier molecular flexibility index (Phi) is 11.3. The van der Waals surface area contributed by atoms with Crippen LogP contribution in [0.2, 0.25) is 0 Å². The number of rotatable bonds is 8. The molecule has 1 rings (SSSR count). The normalized spacial score (nSPS) is 18.0. The Morgan fingerprint density at radius 2 is 1.71 bits per heavy atom. The van der Waals surface area contributed by atoms with E-state index in [4.69, 9.17) is 4.74 Å². The number of piperidine rings is 1. The summed E-state index contributed by atoms with van der Waals surface area (Å²) in [7, 11) is 0. The van der Waals surface area contributed by atoms with Gasteiger partial charge in [-0.2, -0.15) is 0 Å². The van der Waals surface area contributed by atoms with E-state index in [-0.39, 0.29) is 30.4 Å². The first-order chi connectivity index (χ1) is 10.8. The minimum Gasteiger partial charge on any atom is -0.461 e. The number of hydrogen-bond donors (Lipinski definition) is 2. The van der Waals surface area contributed by atoms with Crippen LogP contribution in [0.1, 0.15) is 60.3 Å². The highest BCUT2D eigenvalue weighted by Gasteiger charge is 2.27. The van der Waals surface area contributed by atoms with Gasteiger partial charge in [0, 0.05) is 6.42 Å². The van der Waals surface area contributed by atoms with Gasteiger partial charge in [0.25, 0.3) is 0 Å². The molecule has 1 unspecified atom stereocenters. The first kappa shape index (κ1) is 23.2. The molecular formula is C18H35ClN2O3. The van der Waals surface area contributed by atoms with Gasteiger partial charge in [0.1, 0.15) is 6.04 Å². The van der Waals surface area contributed by atoms with Crippen LogP contribution in [0, 0.1) is 17.8 Å². The van der Waals surface area contributed by atoms with Crippen molar-refractivity contribution in [2.45, 2.75) is 72.4 Å². The maximum Gasteiger partial charge on any atom is 0.328 e. The number of amides is 1. The van der Waals surface area contributed by atoms with Gasteiger partial charge in [-0.15, -0.1) is 12.4 Å². The van der Waals surface area contributed by atoms with Crippen LogP contribution in [0.15, 0.2) is 0 Å². The van der Waals surface area contributed by atoms with E-state index in [9.17, 15) is 9.59 Å². The highest BCUT2D eigenvalue weighted by atomic mass is 35.5. The molecule has 6 heteroatoms. The van der Waals surface area contributed by atoms with E-state index in [1.165, 1.54) is 0 Å². The van der Waals surface area contributed by atoms with Gasteiger partial charge < -0.3 is 15.4 Å². The Hall–Kier alpha value is -0.810. The number of ether oxygens (including phenoxy) is 1. The van der Waals surface area contributed by atoms with Gasteiger partial charge in [-0.25, -0.2) is 4.79 Å². The zero-order chi connectivity index (χ0) is 17.4. The maximum atomic E-state index is 12.3. The first-order valence-electron chi connectivity index (χ1n) is 9.00. The predicted octanol–water partition coefficient (Wildman–Crippen LogP) is 2.92. The third-order valence-electron chi connectivity index (χ3n) is 4.37. The lowest BCUT2D eigenvalue weighted by molar-refractivity contribution is -0.152. The van der Waals surface area contributed by atoms with Crippen molar-refractivity contribution < 1.29 is 14.3 Å². The van der Waals surface area contributed by atoms with Crippen molar-refractivity contribution in [1.29, 1.82) is 0 Å². The molecule has 5 nitrogen and oxygen atoms in total. The van der Waals surface area contributed by atoms with E-state index in [0.29, 0.717) is 30.6 Å². The van der Waals surface area contributed by atoms with Gasteiger partial charge in [-0.1, -0.05) is 20.8 Å². The molecule has 142 valence electrons. The smallest absolute Gasteiger partial charge is 0.328 e. The molecule has 0 spiro atoms. The second kappa shape index (κ2) is 11.7. The molecule has 1 aliphatic heterocycles. The zero-order valence-corrected chi connectivity index (χ0v) is 16.6. The van der Waals surface area contributed by atoms with Crippen LogP contribution in [0.5, 0.6) is 0 Å². The number of hydrogen-bond acceptors (Lipinski definition) is 4. The Morgan fingerprint density at radius 3 is 2.21 bits per heavy atom. The van der Waals surface area contributed by atoms with Crippen molar-refractivity contribution in [3.05, 3.63) is 0 Å². The van der Waals surface area contributed by atoms with E-state index in [1.54, 1.807) is 0 Å². The van der Waals surface area contributed by atoms with Crippen LogP contribution in [0.3, 0.4) is 0 Å². The molecule has 0 radical (unpaired) electrons. The van der Waals surface area contributed by atoms with E-state index >= 15 is 0 Å². The molecule has 1 saturated heterocycles. The highest BCUT2D eigenvalue weighted by molar-refractivity contribution is 5.85. The number of nitrogens with one attached hydrogen (secondary N) is 2. The van der Waals surface area contributed by atoms with Crippen LogP contribution in [-0.4, -0.2) is 37.1 Å². The summed E-state index contributed by atoms with van der Waals surface area (Å²) in [5.41, 5.74) is 0. The van der Waals surface area contributed by atoms with Crippen LogP contribution < -0.4 is 10.6 Å². The Balaban J connectivity index is 0.00000529. The Bertz CT molecular complexity index is 382. The fourth-order valence-corrected chi connectivity index (χ4v) is 3.13. The van der Waals surface area contributed by atoms with Gasteiger partial charge >= 0.3 is 5.97 Å². The number of carbonyl (C=O) groups is 2. The molecular weight excluding hydrogens is 328 g/mol. The van der Waals surface area contributed by atoms with Gasteiger partial charge in [-0.3, -0.25) is 4.79 Å². The van der Waals surface area contributed by atoms with E-state index < -0.39 is 6.04 Å². The summed E-state index contributed by atoms with van der Waals surface area (Å²) in [5.74, 6) is 0.895. The summed E-state index contributed by atoms with van der Waals surface area (Å²) in [6.45, 7) is 11.9. The molecule has 1 amide bonds. The fraction of sp³-hybridized carbons (Fsp3) is 0.889. The first-order valence-corrected chi connectivity index (χ1v) is 9.00. The summed E-state index contributed by atoms with van der Waals surface area (Å²) < 4.78 is 5.27. The van der Waals surface area contributed by atoms with Crippen molar-refractivity contribution in [2.24, 2.45) is 17.8 Å². The molecule has 0 aliphatic carbocycles. The van der Waals surface area contributed by atoms with Gasteiger partial charge in [0.05, 0.1) is 6.10 Å². The lowest BCUT2D eigenvalue weighted by Crippen LogP contribution is -2.44. The predicted molar refractivity (Wildman–Crippen MR) is 99.2 cm³/mol. The summed E-state index contributed by atoms with van der Waals surface area (Å²) in [6.07, 6.45) is 3.17. The van der Waals surface area contributed by atoms with Crippen LogP contribution in [-0.2, 0) is 14.3 Å². The average molecular weight is 363 g/mol. The van der Waals surface area contributed by atoms with Crippen molar-refractivity contribution in [2.75, 3.05) is 13.1 Å². The SMILES string of the molecule is CC(C)C[C@H](NC(=O)CC(C)C1CCNCC1)C(=O)OC(C)C.Cl. The number of carbonyl (C=O) groups excluding carboxylic acids is 2. The van der Waals surface area contributed by atoms with E-state index in [2.05, 4.69) is 17.6 Å². The molecule has 2 atom stereocenters. The molecule has 0 bridgehead atoms. The van der Waals surface area contributed by atoms with Crippen molar-refractivity contribution in [3.8, 4) is 0 Å². The van der Waals surface area contributed by atoms with Gasteiger partial charge in [0.15, 0.2) is 0 Å². The fourth-order valence-electron chi connectivity index (χ4n) is 3.13. The second-order valence-corrected chi connectivity index (χ2v) is 7.50. The summed E-state index contributed by atoms with van der Waals surface area (Å²) >= 11 is 0. The lowest BCUT2D eigenvalue weighted by Gasteiger charge is -2.28. The molecule has 0 saturated carbocycles. The molecule has 0 aromatic heterocycles. The maximum absolute atomic E-state index is 12.3. The molecule has 0 aromatic rings. The van der Waals surface area contributed by atoms with E-state index in [0.717, 1.165) is 25.9 Å². The summed E-state index contributed by atoms with van der Waals surface area (Å²) in [5, 5.41) is 6.24. The lowest BCUT2D eigenvalue weighted by atomic mass is 9.84. The monoisotopic (exact) mass is 362 g/mol. The minimum absolute atomic E-state index is 0. The van der Waals surface area contributed by atoms with E-state index in [1.807, 2.05) is 27.7 Å². The summed E-state index contributed by atoms with van der Waals surface area (Å²) in [4.78, 5) is 24.5. The third kappa shape index (κ3) is 8.88. The number of halogens is 1. The molecule has 1 aliphatic rings. The summed E-state index contributed by atoms with van der Waals surface area (Å²) in [6, 6.07) is -0.537. The molecule has 1 heterocycles. The van der Waals surface area contributed by atoms with Gasteiger partial charge in [0.2, 0.25) is 5.91 Å². The topological polar surface area (TPSA) is 67.4 Å². The quantitative estimate of drug-likeness (QED) is 0.651. The third-order valence-corrected chi connectivity index (χ3v) is 4.37. The largest absolute Gasteiger partial charge is 0.461 e. The Labute approximate surface area is 153 Å². The molecule has 0 aromatic carbocycles. The zero-order valence-electron chi connectivity index (χ0n) is 15.8. The van der Waals surface area contributed by atoms with Crippen molar-refractivity contribution in [1.82, 2.24) is 10.6 Å². The minimum atomic E-state index is -0.537. The van der Waals surface area contributed by atoms with Crippen molar-refractivity contribution in [3.63, 3.8) is 0 Å². The number of esters is 1. The van der Waals surface area contributed by atoms with Gasteiger partial charge in [-0.05, 0) is 64.0 Å². The van der Waals surface area contributed by atoms with Crippen molar-refractivity contribution >= 4 is 24.3 Å². The molecule has 2 N–H and O–H groups in total. The van der Waals surface area contributed by atoms with Crippen LogP contribution >= 0.6 is 12.4 Å². The average Bonchev–Trinajstić information content (AvgIpc) is 2.46. The van der Waals surface area contributed by atoms with Crippen LogP contribution in [0.4, 0.5) is 0 Å². The highest BCUT2D eigenvalue weighted by Crippen LogP contribution is 2.24.